The number of benzene rings is 2. The van der Waals surface area contributed by atoms with Gasteiger partial charge < -0.3 is 14.7 Å². The third-order valence-electron chi connectivity index (χ3n) is 4.99. The van der Waals surface area contributed by atoms with Gasteiger partial charge in [0.1, 0.15) is 18.5 Å². The summed E-state index contributed by atoms with van der Waals surface area (Å²) < 4.78 is 5.93. The molecule has 26 heavy (non-hydrogen) atoms. The molecule has 1 aliphatic rings. The molecule has 0 radical (unpaired) electrons. The van der Waals surface area contributed by atoms with E-state index >= 15 is 0 Å². The van der Waals surface area contributed by atoms with E-state index in [9.17, 15) is 5.11 Å². The predicted molar refractivity (Wildman–Crippen MR) is 107 cm³/mol. The standard InChI is InChI=1S/C22H30N2O2/c1-17-13-18(2)22(19(3)14-17)26-16-21(25)15-23-9-11-24(12-10-23)20-7-5-4-6-8-20/h4-8,13-14,21,25H,9-12,15-16H2,1-3H3/t21-/m1/s1. The molecule has 2 aromatic carbocycles. The first-order valence-corrected chi connectivity index (χ1v) is 9.44. The molecule has 0 unspecified atom stereocenters. The summed E-state index contributed by atoms with van der Waals surface area (Å²) in [6, 6.07) is 14.8. The molecule has 2 aromatic rings. The van der Waals surface area contributed by atoms with Gasteiger partial charge in [-0.3, -0.25) is 4.90 Å². The number of aliphatic hydroxyl groups excluding tert-OH is 1. The lowest BCUT2D eigenvalue weighted by molar-refractivity contribution is 0.0658. The van der Waals surface area contributed by atoms with Crippen molar-refractivity contribution in [2.75, 3.05) is 44.2 Å². The van der Waals surface area contributed by atoms with Gasteiger partial charge in [0.05, 0.1) is 0 Å². The van der Waals surface area contributed by atoms with Crippen molar-refractivity contribution in [1.29, 1.82) is 0 Å². The fourth-order valence-corrected chi connectivity index (χ4v) is 3.75. The van der Waals surface area contributed by atoms with Gasteiger partial charge in [-0.2, -0.15) is 0 Å². The van der Waals surface area contributed by atoms with Gasteiger partial charge >= 0.3 is 0 Å². The van der Waals surface area contributed by atoms with E-state index < -0.39 is 6.10 Å². The van der Waals surface area contributed by atoms with Crippen LogP contribution < -0.4 is 9.64 Å². The van der Waals surface area contributed by atoms with Crippen molar-refractivity contribution >= 4 is 5.69 Å². The smallest absolute Gasteiger partial charge is 0.125 e. The number of aliphatic hydroxyl groups is 1. The molecule has 4 nitrogen and oxygen atoms in total. The minimum absolute atomic E-state index is 0.337. The average Bonchev–Trinajstić information content (AvgIpc) is 2.62. The number of nitrogens with zero attached hydrogens (tertiary/aromatic N) is 2. The monoisotopic (exact) mass is 354 g/mol. The Hall–Kier alpha value is -2.04. The number of β-amino-alcohol motifs (C(OH)–C–C–N with tert-alkyl or cyclic N) is 1. The van der Waals surface area contributed by atoms with Crippen molar-refractivity contribution in [3.8, 4) is 5.75 Å². The van der Waals surface area contributed by atoms with Crippen LogP contribution in [0.25, 0.3) is 0 Å². The van der Waals surface area contributed by atoms with Crippen molar-refractivity contribution in [3.05, 3.63) is 59.2 Å². The van der Waals surface area contributed by atoms with E-state index in [-0.39, 0.29) is 0 Å². The number of hydrogen-bond donors (Lipinski definition) is 1. The third-order valence-corrected chi connectivity index (χ3v) is 4.99. The summed E-state index contributed by atoms with van der Waals surface area (Å²) in [5.74, 6) is 0.906. The fourth-order valence-electron chi connectivity index (χ4n) is 3.75. The van der Waals surface area contributed by atoms with Crippen LogP contribution >= 0.6 is 0 Å². The summed E-state index contributed by atoms with van der Waals surface area (Å²) in [5, 5.41) is 10.4. The molecular formula is C22H30N2O2. The summed E-state index contributed by atoms with van der Waals surface area (Å²) in [4.78, 5) is 4.72. The van der Waals surface area contributed by atoms with Crippen LogP contribution in [0, 0.1) is 20.8 Å². The first-order chi connectivity index (χ1) is 12.5. The predicted octanol–water partition coefficient (Wildman–Crippen LogP) is 3.17. The van der Waals surface area contributed by atoms with E-state index in [0.717, 1.165) is 43.1 Å². The normalized spacial score (nSPS) is 16.5. The molecule has 0 amide bonds. The maximum absolute atomic E-state index is 10.4. The molecule has 1 aliphatic heterocycles. The lowest BCUT2D eigenvalue weighted by atomic mass is 10.1. The van der Waals surface area contributed by atoms with E-state index in [4.69, 9.17) is 4.74 Å². The SMILES string of the molecule is Cc1cc(C)c(OC[C@H](O)CN2CCN(c3ccccc3)CC2)c(C)c1. The highest BCUT2D eigenvalue weighted by molar-refractivity contribution is 5.46. The first kappa shape index (κ1) is 18.7. The second kappa shape index (κ2) is 8.56. The Labute approximate surface area is 157 Å². The molecule has 1 fully saturated rings. The largest absolute Gasteiger partial charge is 0.490 e. The molecule has 4 heteroatoms. The highest BCUT2D eigenvalue weighted by Gasteiger charge is 2.20. The van der Waals surface area contributed by atoms with Crippen LogP contribution in [0.5, 0.6) is 5.75 Å². The molecule has 140 valence electrons. The lowest BCUT2D eigenvalue weighted by Crippen LogP contribution is -2.49. The van der Waals surface area contributed by atoms with Gasteiger partial charge in [0.15, 0.2) is 0 Å². The van der Waals surface area contributed by atoms with Gasteiger partial charge in [-0.25, -0.2) is 0 Å². The maximum atomic E-state index is 10.4. The first-order valence-electron chi connectivity index (χ1n) is 9.44. The molecule has 0 aliphatic carbocycles. The quantitative estimate of drug-likeness (QED) is 0.864. The fraction of sp³-hybridized carbons (Fsp3) is 0.455. The van der Waals surface area contributed by atoms with Crippen molar-refractivity contribution < 1.29 is 9.84 Å². The van der Waals surface area contributed by atoms with Gasteiger partial charge in [-0.05, 0) is 44.0 Å². The van der Waals surface area contributed by atoms with Crippen molar-refractivity contribution in [3.63, 3.8) is 0 Å². The lowest BCUT2D eigenvalue weighted by Gasteiger charge is -2.36. The van der Waals surface area contributed by atoms with Gasteiger partial charge in [0.25, 0.3) is 0 Å². The zero-order valence-electron chi connectivity index (χ0n) is 16.1. The number of ether oxygens (including phenoxy) is 1. The van der Waals surface area contributed by atoms with Gasteiger partial charge in [0, 0.05) is 38.4 Å². The molecule has 0 saturated carbocycles. The van der Waals surface area contributed by atoms with Crippen LogP contribution in [0.15, 0.2) is 42.5 Å². The maximum Gasteiger partial charge on any atom is 0.125 e. The summed E-state index contributed by atoms with van der Waals surface area (Å²) in [6.45, 7) is 11.1. The van der Waals surface area contributed by atoms with E-state index in [2.05, 4.69) is 67.0 Å². The zero-order valence-corrected chi connectivity index (χ0v) is 16.1. The Morgan fingerprint density at radius 3 is 2.19 bits per heavy atom. The highest BCUT2D eigenvalue weighted by Crippen LogP contribution is 2.24. The van der Waals surface area contributed by atoms with E-state index in [1.807, 2.05) is 6.07 Å². The number of piperazine rings is 1. The molecule has 3 rings (SSSR count). The topological polar surface area (TPSA) is 35.9 Å². The van der Waals surface area contributed by atoms with Gasteiger partial charge in [-0.15, -0.1) is 0 Å². The summed E-state index contributed by atoms with van der Waals surface area (Å²) in [6.07, 6.45) is -0.474. The Balaban J connectivity index is 1.45. The van der Waals surface area contributed by atoms with E-state index in [0.29, 0.717) is 13.2 Å². The summed E-state index contributed by atoms with van der Waals surface area (Å²) in [5.41, 5.74) is 4.78. The van der Waals surface area contributed by atoms with Crippen molar-refractivity contribution in [1.82, 2.24) is 4.90 Å². The average molecular weight is 354 g/mol. The second-order valence-electron chi connectivity index (χ2n) is 7.32. The summed E-state index contributed by atoms with van der Waals surface area (Å²) in [7, 11) is 0. The van der Waals surface area contributed by atoms with Crippen LogP contribution in [-0.2, 0) is 0 Å². The number of hydrogen-bond acceptors (Lipinski definition) is 4. The van der Waals surface area contributed by atoms with Gasteiger partial charge in [-0.1, -0.05) is 35.9 Å². The Bertz CT molecular complexity index is 686. The Morgan fingerprint density at radius 2 is 1.58 bits per heavy atom. The highest BCUT2D eigenvalue weighted by atomic mass is 16.5. The second-order valence-corrected chi connectivity index (χ2v) is 7.32. The molecule has 1 N–H and O–H groups in total. The van der Waals surface area contributed by atoms with Gasteiger partial charge in [0.2, 0.25) is 0 Å². The Morgan fingerprint density at radius 1 is 0.962 bits per heavy atom. The molecule has 0 spiro atoms. The molecule has 1 saturated heterocycles. The summed E-state index contributed by atoms with van der Waals surface area (Å²) >= 11 is 0. The Kier molecular flexibility index (Phi) is 6.17. The molecule has 0 bridgehead atoms. The molecular weight excluding hydrogens is 324 g/mol. The van der Waals surface area contributed by atoms with E-state index in [1.165, 1.54) is 11.3 Å². The van der Waals surface area contributed by atoms with Crippen molar-refractivity contribution in [2.24, 2.45) is 0 Å². The number of anilines is 1. The minimum Gasteiger partial charge on any atom is -0.490 e. The molecule has 1 heterocycles. The molecule has 1 atom stereocenters. The number of aryl methyl sites for hydroxylation is 3. The zero-order chi connectivity index (χ0) is 18.5. The van der Waals surface area contributed by atoms with Crippen LogP contribution in [-0.4, -0.2) is 55.4 Å². The minimum atomic E-state index is -0.474. The number of rotatable bonds is 6. The van der Waals surface area contributed by atoms with Crippen LogP contribution in [0.3, 0.4) is 0 Å². The number of para-hydroxylation sites is 1. The van der Waals surface area contributed by atoms with Crippen LogP contribution in [0.4, 0.5) is 5.69 Å². The van der Waals surface area contributed by atoms with Crippen LogP contribution in [0.1, 0.15) is 16.7 Å². The molecule has 0 aromatic heterocycles. The van der Waals surface area contributed by atoms with Crippen LogP contribution in [0.2, 0.25) is 0 Å². The third kappa shape index (κ3) is 4.77. The van der Waals surface area contributed by atoms with E-state index in [1.54, 1.807) is 0 Å². The van der Waals surface area contributed by atoms with Crippen molar-refractivity contribution in [2.45, 2.75) is 26.9 Å².